The summed E-state index contributed by atoms with van der Waals surface area (Å²) in [4.78, 5) is 0. The molecule has 0 aliphatic heterocycles. The van der Waals surface area contributed by atoms with E-state index < -0.39 is 5.60 Å². The quantitative estimate of drug-likeness (QED) is 0.651. The van der Waals surface area contributed by atoms with Gasteiger partial charge >= 0.3 is 0 Å². The Hall–Kier alpha value is -0.830. The maximum absolute atomic E-state index is 9.68. The van der Waals surface area contributed by atoms with Crippen molar-refractivity contribution in [2.75, 3.05) is 0 Å². The van der Waals surface area contributed by atoms with Gasteiger partial charge in [0.1, 0.15) is 0 Å². The fourth-order valence-electron chi connectivity index (χ4n) is 1.57. The van der Waals surface area contributed by atoms with Gasteiger partial charge in [-0.3, -0.25) is 4.68 Å². The van der Waals surface area contributed by atoms with Crippen LogP contribution in [0.2, 0.25) is 0 Å². The van der Waals surface area contributed by atoms with Crippen molar-refractivity contribution in [1.29, 1.82) is 0 Å². The van der Waals surface area contributed by atoms with Crippen LogP contribution in [0.15, 0.2) is 18.5 Å². The van der Waals surface area contributed by atoms with Crippen molar-refractivity contribution < 1.29 is 5.11 Å². The molecule has 0 amide bonds. The summed E-state index contributed by atoms with van der Waals surface area (Å²) in [6.45, 7) is 1.86. The molecule has 2 unspecified atom stereocenters. The summed E-state index contributed by atoms with van der Waals surface area (Å²) in [5.41, 5.74) is -0.536. The third-order valence-corrected chi connectivity index (χ3v) is 2.49. The zero-order valence-corrected chi connectivity index (χ0v) is 6.57. The Bertz CT molecular complexity index is 241. The van der Waals surface area contributed by atoms with Crippen LogP contribution < -0.4 is 0 Å². The monoisotopic (exact) mass is 152 g/mol. The predicted octanol–water partition coefficient (Wildman–Crippen LogP) is 0.969. The van der Waals surface area contributed by atoms with Gasteiger partial charge in [-0.1, -0.05) is 0 Å². The van der Waals surface area contributed by atoms with Gasteiger partial charge in [-0.15, -0.1) is 0 Å². The first kappa shape index (κ1) is 6.85. The summed E-state index contributed by atoms with van der Waals surface area (Å²) < 4.78 is 1.84. The molecule has 2 atom stereocenters. The van der Waals surface area contributed by atoms with Crippen LogP contribution in [0.4, 0.5) is 0 Å². The molecule has 2 rings (SSSR count). The van der Waals surface area contributed by atoms with E-state index in [9.17, 15) is 5.11 Å². The fourth-order valence-corrected chi connectivity index (χ4v) is 1.57. The van der Waals surface area contributed by atoms with Gasteiger partial charge in [-0.05, 0) is 25.8 Å². The molecule has 3 nitrogen and oxygen atoms in total. The molecule has 3 heteroatoms. The van der Waals surface area contributed by atoms with Crippen molar-refractivity contribution in [2.24, 2.45) is 0 Å². The molecule has 60 valence electrons. The first-order valence-corrected chi connectivity index (χ1v) is 3.92. The van der Waals surface area contributed by atoms with Gasteiger partial charge in [0, 0.05) is 12.4 Å². The van der Waals surface area contributed by atoms with Gasteiger partial charge in [0.25, 0.3) is 0 Å². The van der Waals surface area contributed by atoms with E-state index in [4.69, 9.17) is 0 Å². The number of aromatic nitrogens is 2. The highest BCUT2D eigenvalue weighted by Gasteiger charge is 2.42. The zero-order valence-electron chi connectivity index (χ0n) is 6.57. The summed E-state index contributed by atoms with van der Waals surface area (Å²) in [6, 6.07) is 2.08. The molecule has 0 bridgehead atoms. The summed E-state index contributed by atoms with van der Waals surface area (Å²) >= 11 is 0. The van der Waals surface area contributed by atoms with Crippen molar-refractivity contribution in [3.63, 3.8) is 0 Å². The van der Waals surface area contributed by atoms with Gasteiger partial charge in [-0.2, -0.15) is 5.10 Å². The average molecular weight is 152 g/mol. The zero-order chi connectivity index (χ0) is 7.90. The molecule has 0 radical (unpaired) electrons. The van der Waals surface area contributed by atoms with Crippen LogP contribution >= 0.6 is 0 Å². The molecular formula is C8H12N2O. The Balaban J connectivity index is 2.20. The van der Waals surface area contributed by atoms with Crippen LogP contribution in [0.1, 0.15) is 25.8 Å². The van der Waals surface area contributed by atoms with E-state index in [1.54, 1.807) is 6.20 Å². The Morgan fingerprint density at radius 2 is 2.55 bits per heavy atom. The molecule has 0 aromatic carbocycles. The van der Waals surface area contributed by atoms with E-state index >= 15 is 0 Å². The molecule has 1 aromatic rings. The second kappa shape index (κ2) is 2.08. The lowest BCUT2D eigenvalue weighted by Crippen LogP contribution is -2.45. The summed E-state index contributed by atoms with van der Waals surface area (Å²) in [5.74, 6) is 0. The SMILES string of the molecule is CC1(O)CCC1n1cccn1. The molecule has 0 spiro atoms. The van der Waals surface area contributed by atoms with Crippen LogP contribution in [-0.4, -0.2) is 20.5 Å². The molecule has 1 aliphatic rings. The summed E-state index contributed by atoms with van der Waals surface area (Å²) in [7, 11) is 0. The van der Waals surface area contributed by atoms with Crippen molar-refractivity contribution in [1.82, 2.24) is 9.78 Å². The molecular weight excluding hydrogens is 140 g/mol. The van der Waals surface area contributed by atoms with Crippen LogP contribution in [-0.2, 0) is 0 Å². The fraction of sp³-hybridized carbons (Fsp3) is 0.625. The first-order valence-electron chi connectivity index (χ1n) is 3.92. The molecule has 1 aromatic heterocycles. The highest BCUT2D eigenvalue weighted by Crippen LogP contribution is 2.41. The average Bonchev–Trinajstić information content (AvgIpc) is 2.38. The largest absolute Gasteiger partial charge is 0.388 e. The molecule has 1 N–H and O–H groups in total. The van der Waals surface area contributed by atoms with Crippen LogP contribution in [0.3, 0.4) is 0 Å². The van der Waals surface area contributed by atoms with Crippen molar-refractivity contribution in [2.45, 2.75) is 31.4 Å². The van der Waals surface area contributed by atoms with Gasteiger partial charge in [0.15, 0.2) is 0 Å². The first-order chi connectivity index (χ1) is 5.20. The van der Waals surface area contributed by atoms with E-state index in [0.717, 1.165) is 12.8 Å². The van der Waals surface area contributed by atoms with Crippen LogP contribution in [0.5, 0.6) is 0 Å². The highest BCUT2D eigenvalue weighted by atomic mass is 16.3. The van der Waals surface area contributed by atoms with Gasteiger partial charge in [0.05, 0.1) is 11.6 Å². The van der Waals surface area contributed by atoms with Gasteiger partial charge in [-0.25, -0.2) is 0 Å². The van der Waals surface area contributed by atoms with Crippen LogP contribution in [0.25, 0.3) is 0 Å². The number of rotatable bonds is 1. The normalized spacial score (nSPS) is 36.7. The number of aliphatic hydroxyl groups is 1. The standard InChI is InChI=1S/C8H12N2O/c1-8(11)4-3-7(8)10-6-2-5-9-10/h2,5-7,11H,3-4H2,1H3. The lowest BCUT2D eigenvalue weighted by atomic mass is 9.76. The third-order valence-electron chi connectivity index (χ3n) is 2.49. The third kappa shape index (κ3) is 0.959. The Labute approximate surface area is 65.7 Å². The molecule has 1 aliphatic carbocycles. The maximum Gasteiger partial charge on any atom is 0.0843 e. The number of hydrogen-bond donors (Lipinski definition) is 1. The Kier molecular flexibility index (Phi) is 1.29. The van der Waals surface area contributed by atoms with E-state index in [2.05, 4.69) is 5.10 Å². The summed E-state index contributed by atoms with van der Waals surface area (Å²) in [6.07, 6.45) is 5.57. The molecule has 1 heterocycles. The second-order valence-electron chi connectivity index (χ2n) is 3.40. The Morgan fingerprint density at radius 1 is 1.73 bits per heavy atom. The lowest BCUT2D eigenvalue weighted by Gasteiger charge is -2.42. The topological polar surface area (TPSA) is 38.0 Å². The van der Waals surface area contributed by atoms with Crippen molar-refractivity contribution >= 4 is 0 Å². The lowest BCUT2D eigenvalue weighted by molar-refractivity contribution is -0.0737. The van der Waals surface area contributed by atoms with E-state index in [1.165, 1.54) is 0 Å². The summed E-state index contributed by atoms with van der Waals surface area (Å²) in [5, 5.41) is 13.8. The maximum atomic E-state index is 9.68. The Morgan fingerprint density at radius 3 is 2.91 bits per heavy atom. The minimum absolute atomic E-state index is 0.192. The molecule has 0 saturated heterocycles. The smallest absolute Gasteiger partial charge is 0.0843 e. The van der Waals surface area contributed by atoms with E-state index in [0.29, 0.717) is 0 Å². The molecule has 11 heavy (non-hydrogen) atoms. The van der Waals surface area contributed by atoms with E-state index in [-0.39, 0.29) is 6.04 Å². The van der Waals surface area contributed by atoms with E-state index in [1.807, 2.05) is 23.9 Å². The van der Waals surface area contributed by atoms with Gasteiger partial charge in [0.2, 0.25) is 0 Å². The molecule has 1 fully saturated rings. The second-order valence-corrected chi connectivity index (χ2v) is 3.40. The highest BCUT2D eigenvalue weighted by molar-refractivity contribution is 4.98. The minimum Gasteiger partial charge on any atom is -0.388 e. The van der Waals surface area contributed by atoms with Gasteiger partial charge < -0.3 is 5.11 Å². The van der Waals surface area contributed by atoms with Crippen LogP contribution in [0, 0.1) is 0 Å². The molecule has 1 saturated carbocycles. The van der Waals surface area contributed by atoms with Crippen molar-refractivity contribution in [3.8, 4) is 0 Å². The van der Waals surface area contributed by atoms with Crippen molar-refractivity contribution in [3.05, 3.63) is 18.5 Å². The number of hydrogen-bond acceptors (Lipinski definition) is 2. The number of nitrogens with zero attached hydrogens (tertiary/aromatic N) is 2. The predicted molar refractivity (Wildman–Crippen MR) is 41.1 cm³/mol. The minimum atomic E-state index is -0.536.